The van der Waals surface area contributed by atoms with Crippen molar-refractivity contribution in [2.24, 2.45) is 0 Å². The lowest BCUT2D eigenvalue weighted by molar-refractivity contribution is -0.112. The molecule has 6 nitrogen and oxygen atoms in total. The molecule has 0 aliphatic heterocycles. The van der Waals surface area contributed by atoms with Gasteiger partial charge in [-0.25, -0.2) is 0 Å². The van der Waals surface area contributed by atoms with Gasteiger partial charge in [0, 0.05) is 22.0 Å². The topological polar surface area (TPSA) is 90.8 Å². The SMILES string of the molecule is CCOc1ccc(NC(=O)C(C#N)=Cc2cc(C)n(-c3sc4c(c3C#N)CCCC4)c2C)cc1. The number of nitrogens with zero attached hydrogens (tertiary/aromatic N) is 3. The second-order valence-electron chi connectivity index (χ2n) is 8.25. The molecule has 0 fully saturated rings. The predicted octanol–water partition coefficient (Wildman–Crippen LogP) is 5.85. The molecular formula is C27H26N4O2S. The van der Waals surface area contributed by atoms with Crippen molar-refractivity contribution < 1.29 is 9.53 Å². The maximum absolute atomic E-state index is 12.8. The molecule has 0 radical (unpaired) electrons. The lowest BCUT2D eigenvalue weighted by Gasteiger charge is -2.10. The minimum absolute atomic E-state index is 0.0140. The van der Waals surface area contributed by atoms with E-state index in [-0.39, 0.29) is 5.57 Å². The van der Waals surface area contributed by atoms with Crippen molar-refractivity contribution in [2.45, 2.75) is 46.5 Å². The fourth-order valence-corrected chi connectivity index (χ4v) is 5.82. The van der Waals surface area contributed by atoms with Crippen LogP contribution in [0.4, 0.5) is 5.69 Å². The number of aryl methyl sites for hydroxylation is 2. The molecule has 4 rings (SSSR count). The number of amides is 1. The first-order chi connectivity index (χ1) is 16.5. The number of carbonyl (C=O) groups is 1. The zero-order valence-electron chi connectivity index (χ0n) is 19.6. The fourth-order valence-electron chi connectivity index (χ4n) is 4.37. The highest BCUT2D eigenvalue weighted by molar-refractivity contribution is 7.15. The van der Waals surface area contributed by atoms with Crippen LogP contribution in [-0.2, 0) is 17.6 Å². The van der Waals surface area contributed by atoms with Crippen LogP contribution in [0.5, 0.6) is 5.75 Å². The number of rotatable bonds is 6. The van der Waals surface area contributed by atoms with Gasteiger partial charge in [0.15, 0.2) is 0 Å². The highest BCUT2D eigenvalue weighted by Crippen LogP contribution is 2.38. The summed E-state index contributed by atoms with van der Waals surface area (Å²) in [5.74, 6) is 0.247. The Morgan fingerprint density at radius 1 is 1.21 bits per heavy atom. The lowest BCUT2D eigenvalue weighted by Crippen LogP contribution is -2.13. The number of benzene rings is 1. The van der Waals surface area contributed by atoms with Crippen molar-refractivity contribution in [3.8, 4) is 22.9 Å². The van der Waals surface area contributed by atoms with E-state index in [1.54, 1.807) is 41.7 Å². The summed E-state index contributed by atoms with van der Waals surface area (Å²) in [4.78, 5) is 14.1. The van der Waals surface area contributed by atoms with Crippen LogP contribution in [0.2, 0.25) is 0 Å². The van der Waals surface area contributed by atoms with Gasteiger partial charge in [-0.1, -0.05) is 0 Å². The molecule has 1 N–H and O–H groups in total. The van der Waals surface area contributed by atoms with Crippen LogP contribution in [0, 0.1) is 36.5 Å². The Morgan fingerprint density at radius 2 is 1.94 bits per heavy atom. The highest BCUT2D eigenvalue weighted by Gasteiger charge is 2.24. The van der Waals surface area contributed by atoms with E-state index in [1.807, 2.05) is 32.9 Å². The van der Waals surface area contributed by atoms with Gasteiger partial charge in [0.25, 0.3) is 5.91 Å². The number of nitriles is 2. The number of carbonyl (C=O) groups excluding carboxylic acids is 1. The molecule has 0 unspecified atom stereocenters. The number of fused-ring (bicyclic) bond motifs is 1. The third-order valence-electron chi connectivity index (χ3n) is 6.03. The van der Waals surface area contributed by atoms with E-state index in [0.717, 1.165) is 58.9 Å². The molecule has 7 heteroatoms. The minimum Gasteiger partial charge on any atom is -0.494 e. The van der Waals surface area contributed by atoms with Gasteiger partial charge < -0.3 is 14.6 Å². The molecule has 172 valence electrons. The van der Waals surface area contributed by atoms with Gasteiger partial charge in [-0.3, -0.25) is 4.79 Å². The second-order valence-corrected chi connectivity index (χ2v) is 9.33. The first-order valence-electron chi connectivity index (χ1n) is 11.4. The predicted molar refractivity (Wildman–Crippen MR) is 134 cm³/mol. The molecule has 0 saturated carbocycles. The molecule has 1 amide bonds. The van der Waals surface area contributed by atoms with Gasteiger partial charge in [-0.2, -0.15) is 10.5 Å². The van der Waals surface area contributed by atoms with E-state index >= 15 is 0 Å². The Bertz CT molecular complexity index is 1350. The standard InChI is InChI=1S/C27H26N4O2S/c1-4-33-22-11-9-21(10-12-22)30-26(32)20(15-28)14-19-13-17(2)31(18(19)3)27-24(16-29)23-7-5-6-8-25(23)34-27/h9-14H,4-8H2,1-3H3,(H,30,32). The number of nitrogens with one attached hydrogen (secondary N) is 1. The maximum Gasteiger partial charge on any atom is 0.266 e. The summed E-state index contributed by atoms with van der Waals surface area (Å²) in [5, 5.41) is 23.3. The van der Waals surface area contributed by atoms with Gasteiger partial charge >= 0.3 is 0 Å². The zero-order valence-corrected chi connectivity index (χ0v) is 20.4. The van der Waals surface area contributed by atoms with Crippen LogP contribution in [0.1, 0.15) is 52.7 Å². The molecule has 3 aromatic rings. The van der Waals surface area contributed by atoms with Gasteiger partial charge in [-0.05, 0) is 94.0 Å². The summed E-state index contributed by atoms with van der Waals surface area (Å²) < 4.78 is 7.50. The molecule has 2 aromatic heterocycles. The molecule has 0 saturated heterocycles. The summed E-state index contributed by atoms with van der Waals surface area (Å²) in [7, 11) is 0. The summed E-state index contributed by atoms with van der Waals surface area (Å²) in [6, 6.07) is 13.4. The van der Waals surface area contributed by atoms with Gasteiger partial charge in [0.1, 0.15) is 28.5 Å². The van der Waals surface area contributed by atoms with E-state index in [4.69, 9.17) is 4.74 Å². The van der Waals surface area contributed by atoms with Gasteiger partial charge in [0.05, 0.1) is 12.2 Å². The van der Waals surface area contributed by atoms with Gasteiger partial charge in [0.2, 0.25) is 0 Å². The van der Waals surface area contributed by atoms with E-state index in [9.17, 15) is 15.3 Å². The first kappa shape index (κ1) is 23.4. The van der Waals surface area contributed by atoms with E-state index in [1.165, 1.54) is 10.4 Å². The number of thiophene rings is 1. The largest absolute Gasteiger partial charge is 0.494 e. The molecule has 0 bridgehead atoms. The Balaban J connectivity index is 1.64. The molecule has 0 spiro atoms. The smallest absolute Gasteiger partial charge is 0.266 e. The lowest BCUT2D eigenvalue weighted by atomic mass is 9.96. The van der Waals surface area contributed by atoms with Gasteiger partial charge in [-0.15, -0.1) is 11.3 Å². The quantitative estimate of drug-likeness (QED) is 0.361. The molecule has 34 heavy (non-hydrogen) atoms. The monoisotopic (exact) mass is 470 g/mol. The van der Waals surface area contributed by atoms with E-state index < -0.39 is 5.91 Å². The normalized spacial score (nSPS) is 13.0. The molecule has 1 aliphatic carbocycles. The summed E-state index contributed by atoms with van der Waals surface area (Å²) >= 11 is 1.68. The Labute approximate surface area is 203 Å². The van der Waals surface area contributed by atoms with Crippen LogP contribution in [-0.4, -0.2) is 17.1 Å². The third kappa shape index (κ3) is 4.48. The average Bonchev–Trinajstić information content (AvgIpc) is 3.34. The van der Waals surface area contributed by atoms with Crippen LogP contribution < -0.4 is 10.1 Å². The second kappa shape index (κ2) is 9.99. The molecule has 0 atom stereocenters. The van der Waals surface area contributed by atoms with Crippen LogP contribution in [0.3, 0.4) is 0 Å². The summed E-state index contributed by atoms with van der Waals surface area (Å²) in [6.07, 6.45) is 5.85. The van der Waals surface area contributed by atoms with Crippen molar-refractivity contribution in [1.82, 2.24) is 4.57 Å². The highest BCUT2D eigenvalue weighted by atomic mass is 32.1. The Hall–Kier alpha value is -3.81. The average molecular weight is 471 g/mol. The molecular weight excluding hydrogens is 444 g/mol. The van der Waals surface area contributed by atoms with E-state index in [0.29, 0.717) is 12.3 Å². The van der Waals surface area contributed by atoms with Crippen molar-refractivity contribution in [3.63, 3.8) is 0 Å². The van der Waals surface area contributed by atoms with Crippen molar-refractivity contribution >= 4 is 29.0 Å². The maximum atomic E-state index is 12.8. The zero-order chi connectivity index (χ0) is 24.2. The van der Waals surface area contributed by atoms with Crippen LogP contribution >= 0.6 is 11.3 Å². The van der Waals surface area contributed by atoms with Crippen molar-refractivity contribution in [1.29, 1.82) is 10.5 Å². The van der Waals surface area contributed by atoms with E-state index in [2.05, 4.69) is 16.0 Å². The van der Waals surface area contributed by atoms with Crippen LogP contribution in [0.15, 0.2) is 35.9 Å². The number of anilines is 1. The Kier molecular flexibility index (Phi) is 6.86. The summed E-state index contributed by atoms with van der Waals surface area (Å²) in [5.41, 5.74) is 5.18. The van der Waals surface area contributed by atoms with Crippen LogP contribution in [0.25, 0.3) is 11.1 Å². The molecule has 2 heterocycles. The van der Waals surface area contributed by atoms with Crippen molar-refractivity contribution in [2.75, 3.05) is 11.9 Å². The molecule has 1 aliphatic rings. The minimum atomic E-state index is -0.472. The van der Waals surface area contributed by atoms with Crippen molar-refractivity contribution in [3.05, 3.63) is 68.9 Å². The number of ether oxygens (including phenoxy) is 1. The summed E-state index contributed by atoms with van der Waals surface area (Å²) in [6.45, 7) is 6.41. The third-order valence-corrected chi connectivity index (χ3v) is 7.30. The number of aromatic nitrogens is 1. The number of hydrogen-bond donors (Lipinski definition) is 1. The molecule has 1 aromatic carbocycles. The number of hydrogen-bond acceptors (Lipinski definition) is 5. The Morgan fingerprint density at radius 3 is 2.62 bits per heavy atom. The fraction of sp³-hybridized carbons (Fsp3) is 0.296. The first-order valence-corrected chi connectivity index (χ1v) is 12.2.